The molecule has 4 nitrogen and oxygen atoms in total. The van der Waals surface area contributed by atoms with Gasteiger partial charge in [0.05, 0.1) is 6.61 Å². The second kappa shape index (κ2) is 7.31. The van der Waals surface area contributed by atoms with Gasteiger partial charge in [-0.3, -0.25) is 5.32 Å². The molecule has 0 aliphatic carbocycles. The van der Waals surface area contributed by atoms with E-state index in [0.29, 0.717) is 12.4 Å². The highest BCUT2D eigenvalue weighted by Crippen LogP contribution is 2.17. The number of para-hydroxylation sites is 2. The smallest absolute Gasteiger partial charge is 0.410 e. The molecule has 0 aliphatic rings. The second-order valence-corrected chi connectivity index (χ2v) is 4.23. The van der Waals surface area contributed by atoms with E-state index in [1.54, 1.807) is 19.2 Å². The van der Waals surface area contributed by atoms with Crippen molar-refractivity contribution in [3.63, 3.8) is 0 Å². The summed E-state index contributed by atoms with van der Waals surface area (Å²) in [4.78, 5) is 11.8. The van der Waals surface area contributed by atoms with Crippen LogP contribution in [0.3, 0.4) is 0 Å². The highest BCUT2D eigenvalue weighted by molar-refractivity contribution is 5.87. The molecule has 0 bridgehead atoms. The maximum Gasteiger partial charge on any atom is 0.417 e. The highest BCUT2D eigenvalue weighted by Gasteiger charge is 2.08. The van der Waals surface area contributed by atoms with Gasteiger partial charge in [0.2, 0.25) is 0 Å². The van der Waals surface area contributed by atoms with Gasteiger partial charge in [-0.25, -0.2) is 4.79 Å². The number of anilines is 1. The van der Waals surface area contributed by atoms with Crippen molar-refractivity contribution in [1.29, 1.82) is 0 Å². The van der Waals surface area contributed by atoms with Gasteiger partial charge in [-0.1, -0.05) is 36.4 Å². The van der Waals surface area contributed by atoms with Gasteiger partial charge in [-0.2, -0.15) is 0 Å². The summed E-state index contributed by atoms with van der Waals surface area (Å²) in [6.45, 7) is 0.604. The summed E-state index contributed by atoms with van der Waals surface area (Å²) >= 11 is 0. The van der Waals surface area contributed by atoms with Crippen molar-refractivity contribution in [2.45, 2.75) is 6.42 Å². The number of nitrogens with one attached hydrogen (secondary N) is 1. The van der Waals surface area contributed by atoms with Gasteiger partial charge in [0.1, 0.15) is 5.75 Å². The quantitative estimate of drug-likeness (QED) is 0.905. The maximum atomic E-state index is 11.8. The number of amides is 1. The standard InChI is InChI=1S/C16H17NO3/c1-19-12-11-13-7-5-6-10-15(13)17-16(18)20-14-8-3-2-4-9-14/h2-10H,11-12H2,1H3,(H,17,18). The third-order valence-electron chi connectivity index (χ3n) is 2.78. The molecule has 1 amide bonds. The summed E-state index contributed by atoms with van der Waals surface area (Å²) in [7, 11) is 1.65. The zero-order valence-corrected chi connectivity index (χ0v) is 11.3. The van der Waals surface area contributed by atoms with Crippen LogP contribution in [-0.2, 0) is 11.2 Å². The van der Waals surface area contributed by atoms with E-state index in [1.807, 2.05) is 42.5 Å². The number of methoxy groups -OCH3 is 1. The molecule has 2 rings (SSSR count). The molecule has 2 aromatic carbocycles. The molecule has 0 saturated heterocycles. The lowest BCUT2D eigenvalue weighted by atomic mass is 10.1. The van der Waals surface area contributed by atoms with Gasteiger partial charge < -0.3 is 9.47 Å². The minimum atomic E-state index is -0.499. The molecule has 0 radical (unpaired) electrons. The molecule has 0 fully saturated rings. The molecule has 0 aliphatic heterocycles. The molecule has 0 spiro atoms. The van der Waals surface area contributed by atoms with Crippen LogP contribution in [0.1, 0.15) is 5.56 Å². The molecule has 0 unspecified atom stereocenters. The van der Waals surface area contributed by atoms with Crippen molar-refractivity contribution in [3.05, 3.63) is 60.2 Å². The van der Waals surface area contributed by atoms with E-state index in [0.717, 1.165) is 17.7 Å². The Morgan fingerprint density at radius 1 is 1.05 bits per heavy atom. The predicted octanol–water partition coefficient (Wildman–Crippen LogP) is 3.49. The Morgan fingerprint density at radius 3 is 2.50 bits per heavy atom. The molecule has 0 atom stereocenters. The fourth-order valence-electron chi connectivity index (χ4n) is 1.80. The van der Waals surface area contributed by atoms with Gasteiger partial charge in [0, 0.05) is 12.8 Å². The Labute approximate surface area is 118 Å². The van der Waals surface area contributed by atoms with E-state index in [1.165, 1.54) is 0 Å². The number of hydrogen-bond acceptors (Lipinski definition) is 3. The molecule has 0 saturated carbocycles. The number of benzene rings is 2. The molecule has 0 heterocycles. The molecule has 0 aromatic heterocycles. The van der Waals surface area contributed by atoms with Crippen molar-refractivity contribution >= 4 is 11.8 Å². The predicted molar refractivity (Wildman–Crippen MR) is 78.1 cm³/mol. The van der Waals surface area contributed by atoms with Crippen LogP contribution in [0.25, 0.3) is 0 Å². The lowest BCUT2D eigenvalue weighted by Gasteiger charge is -2.11. The molecular weight excluding hydrogens is 254 g/mol. The van der Waals surface area contributed by atoms with Crippen molar-refractivity contribution in [3.8, 4) is 5.75 Å². The first-order chi connectivity index (χ1) is 9.79. The van der Waals surface area contributed by atoms with E-state index in [2.05, 4.69) is 5.32 Å². The average molecular weight is 271 g/mol. The highest BCUT2D eigenvalue weighted by atomic mass is 16.6. The van der Waals surface area contributed by atoms with E-state index in [-0.39, 0.29) is 0 Å². The lowest BCUT2D eigenvalue weighted by molar-refractivity contribution is 0.202. The zero-order chi connectivity index (χ0) is 14.2. The number of carbonyl (C=O) groups is 1. The lowest BCUT2D eigenvalue weighted by Crippen LogP contribution is -2.18. The summed E-state index contributed by atoms with van der Waals surface area (Å²) in [6.07, 6.45) is 0.235. The Balaban J connectivity index is 2.00. The van der Waals surface area contributed by atoms with Gasteiger partial charge in [0.25, 0.3) is 0 Å². The van der Waals surface area contributed by atoms with Gasteiger partial charge in [-0.05, 0) is 30.2 Å². The summed E-state index contributed by atoms with van der Waals surface area (Å²) in [5, 5.41) is 2.75. The fraction of sp³-hybridized carbons (Fsp3) is 0.188. The van der Waals surface area contributed by atoms with Crippen LogP contribution in [0.2, 0.25) is 0 Å². The Kier molecular flexibility index (Phi) is 5.15. The first-order valence-corrected chi connectivity index (χ1v) is 6.40. The fourth-order valence-corrected chi connectivity index (χ4v) is 1.80. The zero-order valence-electron chi connectivity index (χ0n) is 11.3. The monoisotopic (exact) mass is 271 g/mol. The van der Waals surface area contributed by atoms with Crippen LogP contribution in [0.4, 0.5) is 10.5 Å². The molecular formula is C16H17NO3. The molecule has 104 valence electrons. The molecule has 1 N–H and O–H groups in total. The third-order valence-corrected chi connectivity index (χ3v) is 2.78. The van der Waals surface area contributed by atoms with Gasteiger partial charge in [0.15, 0.2) is 0 Å². The number of hydrogen-bond donors (Lipinski definition) is 1. The Morgan fingerprint density at radius 2 is 1.75 bits per heavy atom. The van der Waals surface area contributed by atoms with E-state index in [4.69, 9.17) is 9.47 Å². The van der Waals surface area contributed by atoms with Crippen LogP contribution in [-0.4, -0.2) is 19.8 Å². The van der Waals surface area contributed by atoms with Crippen LogP contribution in [0.5, 0.6) is 5.75 Å². The Hall–Kier alpha value is -2.33. The first kappa shape index (κ1) is 14.1. The summed E-state index contributed by atoms with van der Waals surface area (Å²) in [5.74, 6) is 0.513. The average Bonchev–Trinajstić information content (AvgIpc) is 2.47. The SMILES string of the molecule is COCCc1ccccc1NC(=O)Oc1ccccc1. The van der Waals surface area contributed by atoms with Crippen molar-refractivity contribution < 1.29 is 14.3 Å². The van der Waals surface area contributed by atoms with Gasteiger partial charge in [-0.15, -0.1) is 0 Å². The summed E-state index contributed by atoms with van der Waals surface area (Å²) in [5.41, 5.74) is 1.75. The van der Waals surface area contributed by atoms with E-state index < -0.39 is 6.09 Å². The Bertz CT molecular complexity index is 555. The van der Waals surface area contributed by atoms with Crippen molar-refractivity contribution in [2.75, 3.05) is 19.0 Å². The van der Waals surface area contributed by atoms with Crippen LogP contribution >= 0.6 is 0 Å². The number of rotatable bonds is 5. The normalized spacial score (nSPS) is 10.1. The van der Waals surface area contributed by atoms with Crippen molar-refractivity contribution in [2.24, 2.45) is 0 Å². The minimum absolute atomic E-state index is 0.499. The summed E-state index contributed by atoms with van der Waals surface area (Å²) in [6, 6.07) is 16.6. The molecule has 4 heteroatoms. The number of ether oxygens (including phenoxy) is 2. The van der Waals surface area contributed by atoms with Gasteiger partial charge >= 0.3 is 6.09 Å². The van der Waals surface area contributed by atoms with Crippen LogP contribution < -0.4 is 10.1 Å². The largest absolute Gasteiger partial charge is 0.417 e. The van der Waals surface area contributed by atoms with Crippen LogP contribution in [0.15, 0.2) is 54.6 Å². The van der Waals surface area contributed by atoms with E-state index in [9.17, 15) is 4.79 Å². The van der Waals surface area contributed by atoms with E-state index >= 15 is 0 Å². The third kappa shape index (κ3) is 4.10. The summed E-state index contributed by atoms with van der Waals surface area (Å²) < 4.78 is 10.3. The topological polar surface area (TPSA) is 47.6 Å². The minimum Gasteiger partial charge on any atom is -0.410 e. The van der Waals surface area contributed by atoms with Crippen molar-refractivity contribution in [1.82, 2.24) is 0 Å². The van der Waals surface area contributed by atoms with Crippen LogP contribution in [0, 0.1) is 0 Å². The molecule has 2 aromatic rings. The molecule has 20 heavy (non-hydrogen) atoms. The second-order valence-electron chi connectivity index (χ2n) is 4.23. The maximum absolute atomic E-state index is 11.8. The number of carbonyl (C=O) groups excluding carboxylic acids is 1. The first-order valence-electron chi connectivity index (χ1n) is 6.40.